The van der Waals surface area contributed by atoms with E-state index in [1.165, 1.54) is 25.7 Å². The van der Waals surface area contributed by atoms with Gasteiger partial charge in [0.25, 0.3) is 0 Å². The fourth-order valence-electron chi connectivity index (χ4n) is 3.05. The van der Waals surface area contributed by atoms with Gasteiger partial charge in [0, 0.05) is 18.3 Å². The van der Waals surface area contributed by atoms with Crippen molar-refractivity contribution in [2.24, 2.45) is 10.7 Å². The lowest BCUT2D eigenvalue weighted by Gasteiger charge is -2.07. The molecule has 0 spiro atoms. The van der Waals surface area contributed by atoms with Crippen LogP contribution in [0.3, 0.4) is 0 Å². The minimum Gasteiger partial charge on any atom is -0.494 e. The molecule has 0 amide bonds. The van der Waals surface area contributed by atoms with Gasteiger partial charge in [0.15, 0.2) is 0 Å². The summed E-state index contributed by atoms with van der Waals surface area (Å²) in [6.45, 7) is 1.70. The zero-order valence-corrected chi connectivity index (χ0v) is 16.8. The normalized spacial score (nSPS) is 11.5. The molecule has 0 aliphatic heterocycles. The third kappa shape index (κ3) is 7.41. The van der Waals surface area contributed by atoms with E-state index in [2.05, 4.69) is 15.3 Å². The molecule has 6 heteroatoms. The van der Waals surface area contributed by atoms with Crippen LogP contribution in [-0.2, 0) is 6.54 Å². The first-order valence-electron chi connectivity index (χ1n) is 10.3. The summed E-state index contributed by atoms with van der Waals surface area (Å²) in [6.07, 6.45) is 10.8. The lowest BCUT2D eigenvalue weighted by molar-refractivity contribution is 0.304. The number of amidine groups is 1. The van der Waals surface area contributed by atoms with Crippen LogP contribution in [-0.4, -0.2) is 27.4 Å². The zero-order valence-electron chi connectivity index (χ0n) is 16.8. The van der Waals surface area contributed by atoms with Gasteiger partial charge < -0.3 is 10.5 Å². The van der Waals surface area contributed by atoms with E-state index in [-0.39, 0.29) is 0 Å². The first kappa shape index (κ1) is 20.6. The molecule has 0 saturated carbocycles. The molecule has 2 aromatic carbocycles. The number of nitrogens with zero attached hydrogens (tertiary/aromatic N) is 4. The maximum Gasteiger partial charge on any atom is 0.131 e. The second-order valence-corrected chi connectivity index (χ2v) is 6.99. The Kier molecular flexibility index (Phi) is 8.26. The molecule has 0 bridgehead atoms. The van der Waals surface area contributed by atoms with Crippen molar-refractivity contribution in [1.29, 1.82) is 0 Å². The van der Waals surface area contributed by atoms with Crippen LogP contribution in [0.25, 0.3) is 0 Å². The number of aromatic nitrogens is 3. The predicted octanol–water partition coefficient (Wildman–Crippen LogP) is 4.73. The Balaban J connectivity index is 1.27. The van der Waals surface area contributed by atoms with E-state index in [0.29, 0.717) is 5.84 Å². The first-order valence-corrected chi connectivity index (χ1v) is 10.3. The van der Waals surface area contributed by atoms with Gasteiger partial charge in [-0.25, -0.2) is 4.99 Å². The Morgan fingerprint density at radius 1 is 0.897 bits per heavy atom. The van der Waals surface area contributed by atoms with Crippen molar-refractivity contribution in [3.63, 3.8) is 0 Å². The Labute approximate surface area is 172 Å². The molecule has 152 valence electrons. The molecule has 2 N–H and O–H groups in total. The van der Waals surface area contributed by atoms with Crippen LogP contribution in [0.2, 0.25) is 0 Å². The fourth-order valence-corrected chi connectivity index (χ4v) is 3.05. The van der Waals surface area contributed by atoms with Crippen molar-refractivity contribution < 1.29 is 4.74 Å². The molecule has 3 aromatic rings. The number of benzene rings is 2. The Morgan fingerprint density at radius 2 is 1.62 bits per heavy atom. The summed E-state index contributed by atoms with van der Waals surface area (Å²) in [4.78, 5) is 4.46. The molecule has 0 atom stereocenters. The molecule has 1 aromatic heterocycles. The van der Waals surface area contributed by atoms with Crippen molar-refractivity contribution in [2.75, 3.05) is 6.61 Å². The zero-order chi connectivity index (χ0) is 20.2. The van der Waals surface area contributed by atoms with Gasteiger partial charge in [-0.2, -0.15) is 0 Å². The summed E-state index contributed by atoms with van der Waals surface area (Å²) in [5.74, 6) is 1.38. The van der Waals surface area contributed by atoms with Crippen LogP contribution < -0.4 is 10.5 Å². The quantitative estimate of drug-likeness (QED) is 0.275. The number of rotatable bonds is 12. The van der Waals surface area contributed by atoms with Gasteiger partial charge in [0.1, 0.15) is 11.6 Å². The van der Waals surface area contributed by atoms with E-state index in [1.54, 1.807) is 6.20 Å². The Morgan fingerprint density at radius 3 is 2.34 bits per heavy atom. The first-order chi connectivity index (χ1) is 14.3. The van der Waals surface area contributed by atoms with Crippen LogP contribution in [0.15, 0.2) is 72.0 Å². The summed E-state index contributed by atoms with van der Waals surface area (Å²) in [5.41, 5.74) is 7.80. The molecular weight excluding hydrogens is 362 g/mol. The highest BCUT2D eigenvalue weighted by Gasteiger charge is 1.99. The number of hydrogen-bond acceptors (Lipinski definition) is 4. The summed E-state index contributed by atoms with van der Waals surface area (Å²) in [5, 5.41) is 7.79. The van der Waals surface area contributed by atoms with Crippen LogP contribution >= 0.6 is 0 Å². The van der Waals surface area contributed by atoms with Gasteiger partial charge in [0.05, 0.1) is 18.5 Å². The third-order valence-corrected chi connectivity index (χ3v) is 4.68. The van der Waals surface area contributed by atoms with E-state index >= 15 is 0 Å². The number of ether oxygens (including phenoxy) is 1. The Hall–Kier alpha value is -3.15. The molecular formula is C23H29N5O. The van der Waals surface area contributed by atoms with Crippen LogP contribution in [0.5, 0.6) is 5.75 Å². The SMILES string of the molecule is NC(=Nc1ccc(OCCCCCCCCn2ccnn2)cc1)c1ccccc1. The second-order valence-electron chi connectivity index (χ2n) is 6.99. The molecule has 6 nitrogen and oxygen atoms in total. The number of unbranched alkanes of at least 4 members (excludes halogenated alkanes) is 5. The summed E-state index contributed by atoms with van der Waals surface area (Å²) < 4.78 is 7.72. The molecule has 0 aliphatic carbocycles. The predicted molar refractivity (Wildman–Crippen MR) is 116 cm³/mol. The van der Waals surface area contributed by atoms with Crippen molar-refractivity contribution in [2.45, 2.75) is 45.1 Å². The van der Waals surface area contributed by atoms with Crippen molar-refractivity contribution in [3.05, 3.63) is 72.6 Å². The molecule has 0 unspecified atom stereocenters. The summed E-state index contributed by atoms with van der Waals surface area (Å²) >= 11 is 0. The summed E-state index contributed by atoms with van der Waals surface area (Å²) in [6, 6.07) is 17.5. The maximum absolute atomic E-state index is 6.06. The van der Waals surface area contributed by atoms with E-state index in [1.807, 2.05) is 65.5 Å². The van der Waals surface area contributed by atoms with Gasteiger partial charge >= 0.3 is 0 Å². The minimum absolute atomic E-state index is 0.514. The lowest BCUT2D eigenvalue weighted by Crippen LogP contribution is -2.12. The average molecular weight is 392 g/mol. The number of aryl methyl sites for hydroxylation is 1. The van der Waals surface area contributed by atoms with Gasteiger partial charge in [-0.05, 0) is 37.1 Å². The van der Waals surface area contributed by atoms with E-state index < -0.39 is 0 Å². The van der Waals surface area contributed by atoms with Crippen LogP contribution in [0.4, 0.5) is 5.69 Å². The van der Waals surface area contributed by atoms with Gasteiger partial charge in [0.2, 0.25) is 0 Å². The highest BCUT2D eigenvalue weighted by Crippen LogP contribution is 2.19. The average Bonchev–Trinajstić information content (AvgIpc) is 3.28. The molecule has 0 aliphatic rings. The highest BCUT2D eigenvalue weighted by atomic mass is 16.5. The van der Waals surface area contributed by atoms with Crippen molar-refractivity contribution in [3.8, 4) is 5.75 Å². The van der Waals surface area contributed by atoms with E-state index in [0.717, 1.165) is 43.0 Å². The molecule has 0 radical (unpaired) electrons. The van der Waals surface area contributed by atoms with Gasteiger partial charge in [-0.3, -0.25) is 4.68 Å². The number of hydrogen-bond donors (Lipinski definition) is 1. The molecule has 29 heavy (non-hydrogen) atoms. The van der Waals surface area contributed by atoms with Crippen molar-refractivity contribution in [1.82, 2.24) is 15.0 Å². The van der Waals surface area contributed by atoms with E-state index in [9.17, 15) is 0 Å². The number of aliphatic imine (C=N–C) groups is 1. The fraction of sp³-hybridized carbons (Fsp3) is 0.348. The van der Waals surface area contributed by atoms with E-state index in [4.69, 9.17) is 10.5 Å². The van der Waals surface area contributed by atoms with Crippen LogP contribution in [0, 0.1) is 0 Å². The Bertz CT molecular complexity index is 845. The van der Waals surface area contributed by atoms with Crippen molar-refractivity contribution >= 4 is 11.5 Å². The lowest BCUT2D eigenvalue weighted by atomic mass is 10.1. The second kappa shape index (κ2) is 11.6. The topological polar surface area (TPSA) is 78.3 Å². The third-order valence-electron chi connectivity index (χ3n) is 4.68. The van der Waals surface area contributed by atoms with Crippen LogP contribution in [0.1, 0.15) is 44.1 Å². The number of nitrogens with two attached hydrogens (primary N) is 1. The molecule has 0 saturated heterocycles. The molecule has 3 rings (SSSR count). The maximum atomic E-state index is 6.06. The van der Waals surface area contributed by atoms with Gasteiger partial charge in [-0.15, -0.1) is 5.10 Å². The highest BCUT2D eigenvalue weighted by molar-refractivity contribution is 5.98. The smallest absolute Gasteiger partial charge is 0.131 e. The molecule has 0 fully saturated rings. The van der Waals surface area contributed by atoms with Gasteiger partial charge in [-0.1, -0.05) is 61.2 Å². The largest absolute Gasteiger partial charge is 0.494 e. The summed E-state index contributed by atoms with van der Waals surface area (Å²) in [7, 11) is 0. The monoisotopic (exact) mass is 391 g/mol. The standard InChI is InChI=1S/C23H29N5O/c24-23(20-10-6-5-7-11-20)26-21-12-14-22(15-13-21)29-19-9-4-2-1-3-8-17-28-18-16-25-27-28/h5-7,10-16,18H,1-4,8-9,17,19H2,(H2,24,26). The molecule has 1 heterocycles. The minimum atomic E-state index is 0.514.